The highest BCUT2D eigenvalue weighted by Gasteiger charge is 2.31. The summed E-state index contributed by atoms with van der Waals surface area (Å²) in [5.74, 6) is -0.0703. The number of nitriles is 1. The Morgan fingerprint density at radius 3 is 2.85 bits per heavy atom. The lowest BCUT2D eigenvalue weighted by Crippen LogP contribution is -2.36. The van der Waals surface area contributed by atoms with Crippen LogP contribution >= 0.6 is 11.8 Å². The quantitative estimate of drug-likeness (QED) is 0.365. The topological polar surface area (TPSA) is 86.9 Å². The van der Waals surface area contributed by atoms with Crippen LogP contribution in [0.1, 0.15) is 27.2 Å². The molecule has 9 heteroatoms. The van der Waals surface area contributed by atoms with Gasteiger partial charge in [-0.15, -0.1) is 0 Å². The summed E-state index contributed by atoms with van der Waals surface area (Å²) in [6, 6.07) is 4.02. The molecule has 1 heterocycles. The van der Waals surface area contributed by atoms with Gasteiger partial charge in [-0.1, -0.05) is 11.8 Å². The van der Waals surface area contributed by atoms with Crippen LogP contribution in [-0.4, -0.2) is 47.2 Å². The van der Waals surface area contributed by atoms with Gasteiger partial charge in [0.05, 0.1) is 6.54 Å². The minimum Gasteiger partial charge on any atom is -0.486 e. The van der Waals surface area contributed by atoms with E-state index in [1.807, 2.05) is 20.8 Å². The third-order valence-electron chi connectivity index (χ3n) is 3.59. The van der Waals surface area contributed by atoms with Crippen molar-refractivity contribution in [1.29, 1.82) is 5.26 Å². The second-order valence-corrected chi connectivity index (χ2v) is 7.72. The number of nitrogens with zero attached hydrogens (tertiary/aromatic N) is 3. The molecule has 1 aliphatic rings. The van der Waals surface area contributed by atoms with Crippen molar-refractivity contribution in [1.82, 2.24) is 10.2 Å². The van der Waals surface area contributed by atoms with E-state index in [-0.39, 0.29) is 17.9 Å². The predicted molar refractivity (Wildman–Crippen MR) is 103 cm³/mol. The molecule has 7 nitrogen and oxygen atoms in total. The van der Waals surface area contributed by atoms with E-state index in [4.69, 9.17) is 14.7 Å². The van der Waals surface area contributed by atoms with E-state index in [0.29, 0.717) is 30.4 Å². The van der Waals surface area contributed by atoms with Crippen molar-refractivity contribution in [2.45, 2.75) is 38.9 Å². The van der Waals surface area contributed by atoms with Crippen molar-refractivity contribution in [3.05, 3.63) is 24.0 Å². The molecule has 1 aromatic rings. The number of carbonyl (C=O) groups excluding carboxylic acids is 1. The number of thioether (sulfide) groups is 1. The van der Waals surface area contributed by atoms with Crippen molar-refractivity contribution in [3.8, 4) is 11.9 Å². The molecular weight excluding hydrogens is 371 g/mol. The first-order valence-electron chi connectivity index (χ1n) is 8.43. The Morgan fingerprint density at radius 2 is 2.22 bits per heavy atom. The number of amides is 1. The van der Waals surface area contributed by atoms with Gasteiger partial charge in [-0.3, -0.25) is 5.32 Å². The molecule has 1 unspecified atom stereocenters. The second-order valence-electron chi connectivity index (χ2n) is 6.92. The standard InChI is InChI=1S/C18H23FN4O3S/c1-18(2,3)26-17(24)23-8-7-13(10-23)25-15-6-5-12(19)9-14(15)22-16(27-4)21-11-20/h5-6,9,13H,7-8,10H2,1-4H3,(H,21,22). The molecule has 27 heavy (non-hydrogen) atoms. The van der Waals surface area contributed by atoms with Crippen LogP contribution in [-0.2, 0) is 4.74 Å². The molecule has 0 radical (unpaired) electrons. The summed E-state index contributed by atoms with van der Waals surface area (Å²) in [5.41, 5.74) is -0.283. The molecule has 2 rings (SSSR count). The number of likely N-dealkylation sites (tertiary alicyclic amines) is 1. The SMILES string of the molecule is CSC(=Nc1cc(F)ccc1OC1CCN(C(=O)OC(C)(C)C)C1)NC#N. The molecule has 1 aromatic carbocycles. The van der Waals surface area contributed by atoms with Gasteiger partial charge >= 0.3 is 6.09 Å². The number of ether oxygens (including phenoxy) is 2. The normalized spacial score (nSPS) is 17.4. The summed E-state index contributed by atoms with van der Waals surface area (Å²) in [4.78, 5) is 18.0. The van der Waals surface area contributed by atoms with E-state index in [2.05, 4.69) is 10.3 Å². The van der Waals surface area contributed by atoms with Crippen LogP contribution in [0.25, 0.3) is 0 Å². The van der Waals surface area contributed by atoms with Crippen LogP contribution in [0.15, 0.2) is 23.2 Å². The summed E-state index contributed by atoms with van der Waals surface area (Å²) < 4.78 is 25.0. The molecule has 1 aliphatic heterocycles. The smallest absolute Gasteiger partial charge is 0.410 e. The van der Waals surface area contributed by atoms with Crippen LogP contribution in [0.5, 0.6) is 5.75 Å². The molecule has 0 aromatic heterocycles. The van der Waals surface area contributed by atoms with Gasteiger partial charge in [0.1, 0.15) is 29.0 Å². The van der Waals surface area contributed by atoms with Gasteiger partial charge in [0.2, 0.25) is 0 Å². The molecular formula is C18H23FN4O3S. The van der Waals surface area contributed by atoms with Gasteiger partial charge in [-0.05, 0) is 39.2 Å². The van der Waals surface area contributed by atoms with Gasteiger partial charge < -0.3 is 14.4 Å². The highest BCUT2D eigenvalue weighted by Crippen LogP contribution is 2.31. The van der Waals surface area contributed by atoms with Crippen molar-refractivity contribution >= 4 is 28.7 Å². The van der Waals surface area contributed by atoms with E-state index in [1.165, 1.54) is 30.0 Å². The number of rotatable bonds is 3. The Bertz CT molecular complexity index is 758. The third kappa shape index (κ3) is 6.32. The maximum Gasteiger partial charge on any atom is 0.410 e. The number of benzene rings is 1. The van der Waals surface area contributed by atoms with E-state index in [1.54, 1.807) is 17.3 Å². The van der Waals surface area contributed by atoms with Crippen molar-refractivity contribution in [2.75, 3.05) is 19.3 Å². The first-order chi connectivity index (χ1) is 12.7. The van der Waals surface area contributed by atoms with Crippen molar-refractivity contribution in [3.63, 3.8) is 0 Å². The summed E-state index contributed by atoms with van der Waals surface area (Å²) >= 11 is 1.23. The van der Waals surface area contributed by atoms with Crippen molar-refractivity contribution in [2.24, 2.45) is 4.99 Å². The monoisotopic (exact) mass is 394 g/mol. The zero-order chi connectivity index (χ0) is 20.0. The Labute approximate surface area is 162 Å². The molecule has 1 atom stereocenters. The second kappa shape index (κ2) is 8.95. The number of aliphatic imine (C=N–C) groups is 1. The zero-order valence-electron chi connectivity index (χ0n) is 15.8. The number of halogens is 1. The van der Waals surface area contributed by atoms with Gasteiger partial charge in [0.25, 0.3) is 0 Å². The molecule has 0 aliphatic carbocycles. The maximum absolute atomic E-state index is 13.6. The summed E-state index contributed by atoms with van der Waals surface area (Å²) in [6.45, 7) is 6.34. The largest absolute Gasteiger partial charge is 0.486 e. The maximum atomic E-state index is 13.6. The number of hydrogen-bond donors (Lipinski definition) is 1. The minimum atomic E-state index is -0.559. The summed E-state index contributed by atoms with van der Waals surface area (Å²) in [5, 5.41) is 11.5. The highest BCUT2D eigenvalue weighted by atomic mass is 32.2. The molecule has 146 valence electrons. The van der Waals surface area contributed by atoms with Gasteiger partial charge in [-0.2, -0.15) is 5.26 Å². The molecule has 1 fully saturated rings. The van der Waals surface area contributed by atoms with Crippen LogP contribution in [0.2, 0.25) is 0 Å². The molecule has 1 amide bonds. The number of hydrogen-bond acceptors (Lipinski definition) is 6. The van der Waals surface area contributed by atoms with Crippen LogP contribution in [0.4, 0.5) is 14.9 Å². The fraction of sp³-hybridized carbons (Fsp3) is 0.500. The summed E-state index contributed by atoms with van der Waals surface area (Å²) in [7, 11) is 0. The molecule has 0 bridgehead atoms. The lowest BCUT2D eigenvalue weighted by molar-refractivity contribution is 0.0276. The fourth-order valence-electron chi connectivity index (χ4n) is 2.46. The Hall–Kier alpha value is -2.47. The lowest BCUT2D eigenvalue weighted by Gasteiger charge is -2.24. The number of amidine groups is 1. The minimum absolute atomic E-state index is 0.251. The van der Waals surface area contributed by atoms with Crippen LogP contribution in [0, 0.1) is 17.3 Å². The van der Waals surface area contributed by atoms with Crippen LogP contribution < -0.4 is 10.1 Å². The highest BCUT2D eigenvalue weighted by molar-refractivity contribution is 8.13. The van der Waals surface area contributed by atoms with E-state index in [9.17, 15) is 9.18 Å². The van der Waals surface area contributed by atoms with E-state index >= 15 is 0 Å². The van der Waals surface area contributed by atoms with E-state index in [0.717, 1.165) is 0 Å². The van der Waals surface area contributed by atoms with Crippen molar-refractivity contribution < 1.29 is 18.7 Å². The molecule has 1 saturated heterocycles. The van der Waals surface area contributed by atoms with Crippen LogP contribution in [0.3, 0.4) is 0 Å². The Morgan fingerprint density at radius 1 is 1.48 bits per heavy atom. The molecule has 0 spiro atoms. The van der Waals surface area contributed by atoms with Gasteiger partial charge in [0, 0.05) is 19.0 Å². The third-order valence-corrected chi connectivity index (χ3v) is 4.17. The number of carbonyl (C=O) groups is 1. The first kappa shape index (κ1) is 20.8. The van der Waals surface area contributed by atoms with Gasteiger partial charge in [0.15, 0.2) is 11.4 Å². The average molecular weight is 394 g/mol. The van der Waals surface area contributed by atoms with E-state index < -0.39 is 11.4 Å². The fourth-order valence-corrected chi connectivity index (χ4v) is 2.79. The summed E-state index contributed by atoms with van der Waals surface area (Å²) in [6.07, 6.45) is 3.54. The molecule has 1 N–H and O–H groups in total. The van der Waals surface area contributed by atoms with Gasteiger partial charge in [-0.25, -0.2) is 14.2 Å². The first-order valence-corrected chi connectivity index (χ1v) is 9.66. The Balaban J connectivity index is 2.10. The lowest BCUT2D eigenvalue weighted by atomic mass is 10.2. The predicted octanol–water partition coefficient (Wildman–Crippen LogP) is 3.64. The molecule has 0 saturated carbocycles. The zero-order valence-corrected chi connectivity index (χ0v) is 16.6. The number of nitrogens with one attached hydrogen (secondary N) is 1. The Kier molecular flexibility index (Phi) is 6.91. The average Bonchev–Trinajstić information content (AvgIpc) is 3.04.